The predicted molar refractivity (Wildman–Crippen MR) is 288 cm³/mol. The second kappa shape index (κ2) is 54.7. The Morgan fingerprint density at radius 1 is 0.313 bits per heavy atom. The van der Waals surface area contributed by atoms with E-state index in [0.29, 0.717) is 19.3 Å². The molecule has 0 fully saturated rings. The molecule has 0 aromatic carbocycles. The molecule has 67 heavy (non-hydrogen) atoms. The topological polar surface area (TPSA) is 78.9 Å². The lowest BCUT2D eigenvalue weighted by Gasteiger charge is -2.18. The first-order valence-electron chi connectivity index (χ1n) is 27.4. The predicted octanol–water partition coefficient (Wildman–Crippen LogP) is 18.3. The molecule has 380 valence electrons. The van der Waals surface area contributed by atoms with Crippen molar-refractivity contribution < 1.29 is 28.6 Å². The van der Waals surface area contributed by atoms with Crippen molar-refractivity contribution in [3.63, 3.8) is 0 Å². The number of hydrogen-bond donors (Lipinski definition) is 0. The molecule has 0 aromatic rings. The molecule has 0 spiro atoms. The fourth-order valence-electron chi connectivity index (χ4n) is 7.10. The highest BCUT2D eigenvalue weighted by molar-refractivity contribution is 5.71. The number of rotatable bonds is 48. The van der Waals surface area contributed by atoms with Crippen LogP contribution in [0.4, 0.5) is 0 Å². The van der Waals surface area contributed by atoms with Gasteiger partial charge in [-0.2, -0.15) is 0 Å². The number of carbonyl (C=O) groups excluding carboxylic acids is 3. The lowest BCUT2D eigenvalue weighted by Crippen LogP contribution is -2.30. The molecule has 0 N–H and O–H groups in total. The molecule has 0 bridgehead atoms. The second-order valence-corrected chi connectivity index (χ2v) is 17.7. The summed E-state index contributed by atoms with van der Waals surface area (Å²) < 4.78 is 16.8. The largest absolute Gasteiger partial charge is 0.462 e. The second-order valence-electron chi connectivity index (χ2n) is 17.7. The van der Waals surface area contributed by atoms with Gasteiger partial charge in [-0.3, -0.25) is 14.4 Å². The average Bonchev–Trinajstić information content (AvgIpc) is 3.33. The van der Waals surface area contributed by atoms with Gasteiger partial charge in [-0.05, 0) is 122 Å². The van der Waals surface area contributed by atoms with Gasteiger partial charge >= 0.3 is 17.9 Å². The van der Waals surface area contributed by atoms with Crippen molar-refractivity contribution in [1.82, 2.24) is 0 Å². The first-order chi connectivity index (χ1) is 33.0. The van der Waals surface area contributed by atoms with E-state index in [4.69, 9.17) is 14.2 Å². The molecule has 0 saturated heterocycles. The van der Waals surface area contributed by atoms with Gasteiger partial charge < -0.3 is 14.2 Å². The maximum absolute atomic E-state index is 12.8. The summed E-state index contributed by atoms with van der Waals surface area (Å²) in [4.78, 5) is 38.1. The molecule has 0 saturated carbocycles. The van der Waals surface area contributed by atoms with Gasteiger partial charge in [-0.15, -0.1) is 0 Å². The molecule has 1 unspecified atom stereocenters. The van der Waals surface area contributed by atoms with Crippen molar-refractivity contribution in [3.05, 3.63) is 109 Å². The Morgan fingerprint density at radius 3 is 0.970 bits per heavy atom. The van der Waals surface area contributed by atoms with Crippen LogP contribution in [0.15, 0.2) is 109 Å². The van der Waals surface area contributed by atoms with E-state index in [9.17, 15) is 14.4 Å². The van der Waals surface area contributed by atoms with E-state index in [0.717, 1.165) is 148 Å². The van der Waals surface area contributed by atoms with E-state index >= 15 is 0 Å². The summed E-state index contributed by atoms with van der Waals surface area (Å²) in [6, 6.07) is 0. The molecular weight excluding hydrogens is 829 g/mol. The monoisotopic (exact) mass is 929 g/mol. The number of esters is 3. The van der Waals surface area contributed by atoms with Crippen LogP contribution in [-0.2, 0) is 28.6 Å². The third-order valence-electron chi connectivity index (χ3n) is 11.2. The van der Waals surface area contributed by atoms with Gasteiger partial charge in [0.1, 0.15) is 13.2 Å². The van der Waals surface area contributed by atoms with E-state index in [1.54, 1.807) is 0 Å². The van der Waals surface area contributed by atoms with Crippen molar-refractivity contribution in [2.45, 2.75) is 245 Å². The van der Waals surface area contributed by atoms with Gasteiger partial charge in [-0.1, -0.05) is 207 Å². The molecule has 0 radical (unpaired) electrons. The molecule has 6 nitrogen and oxygen atoms in total. The molecule has 1 atom stereocenters. The van der Waals surface area contributed by atoms with Crippen LogP contribution < -0.4 is 0 Å². The molecule has 0 aliphatic heterocycles. The summed E-state index contributed by atoms with van der Waals surface area (Å²) in [6.07, 6.45) is 73.5. The number of unbranched alkanes of at least 4 members (excludes halogenated alkanes) is 19. The van der Waals surface area contributed by atoms with E-state index < -0.39 is 6.10 Å². The summed E-state index contributed by atoms with van der Waals surface area (Å²) in [7, 11) is 0. The van der Waals surface area contributed by atoms with Gasteiger partial charge in [0.05, 0.1) is 0 Å². The Morgan fingerprint density at radius 2 is 0.597 bits per heavy atom. The van der Waals surface area contributed by atoms with E-state index in [1.165, 1.54) is 51.4 Å². The molecule has 0 aliphatic carbocycles. The fraction of sp³-hybridized carbons (Fsp3) is 0.656. The summed E-state index contributed by atoms with van der Waals surface area (Å²) in [5.74, 6) is -0.966. The van der Waals surface area contributed by atoms with Crippen LogP contribution in [0, 0.1) is 0 Å². The van der Waals surface area contributed by atoms with Crippen LogP contribution in [0.5, 0.6) is 0 Å². The minimum atomic E-state index is -0.807. The molecule has 0 heterocycles. The zero-order valence-electron chi connectivity index (χ0n) is 43.4. The zero-order valence-corrected chi connectivity index (χ0v) is 43.4. The lowest BCUT2D eigenvalue weighted by atomic mass is 10.1. The molecule has 6 heteroatoms. The first kappa shape index (κ1) is 63.1. The Kier molecular flexibility index (Phi) is 51.5. The van der Waals surface area contributed by atoms with Gasteiger partial charge in [-0.25, -0.2) is 0 Å². The number of carbonyl (C=O) groups is 3. The van der Waals surface area contributed by atoms with Crippen LogP contribution in [0.1, 0.15) is 239 Å². The highest BCUT2D eigenvalue weighted by atomic mass is 16.6. The van der Waals surface area contributed by atoms with Crippen LogP contribution in [-0.4, -0.2) is 37.2 Å². The lowest BCUT2D eigenvalue weighted by molar-refractivity contribution is -0.167. The van der Waals surface area contributed by atoms with Crippen molar-refractivity contribution >= 4 is 17.9 Å². The summed E-state index contributed by atoms with van der Waals surface area (Å²) >= 11 is 0. The van der Waals surface area contributed by atoms with E-state index in [1.807, 2.05) is 0 Å². The molecule has 0 rings (SSSR count). The molecule has 0 aromatic heterocycles. The molecular formula is C61H100O6. The van der Waals surface area contributed by atoms with Crippen LogP contribution >= 0.6 is 0 Å². The van der Waals surface area contributed by atoms with Gasteiger partial charge in [0.15, 0.2) is 6.10 Å². The molecule has 0 amide bonds. The van der Waals surface area contributed by atoms with Crippen molar-refractivity contribution in [2.24, 2.45) is 0 Å². The third-order valence-corrected chi connectivity index (χ3v) is 11.2. The quantitative estimate of drug-likeness (QED) is 0.0262. The Hall–Kier alpha value is -3.93. The van der Waals surface area contributed by atoms with Crippen molar-refractivity contribution in [3.8, 4) is 0 Å². The minimum Gasteiger partial charge on any atom is -0.462 e. The SMILES string of the molecule is CC/C=C\C/C=C\C/C=C\C/C=C\C/C=C\CCCCCC(=O)OCC(COC(=O)CCCCCCC/C=C\C/C=C\CCCC)OC(=O)CCCCCCC/C=C\C/C=C\CCCCCC. The Labute approximate surface area is 412 Å². The number of allylic oxidation sites excluding steroid dienone is 18. The highest BCUT2D eigenvalue weighted by Crippen LogP contribution is 2.13. The maximum atomic E-state index is 12.8. The van der Waals surface area contributed by atoms with Crippen molar-refractivity contribution in [2.75, 3.05) is 13.2 Å². The highest BCUT2D eigenvalue weighted by Gasteiger charge is 2.19. The zero-order chi connectivity index (χ0) is 48.6. The smallest absolute Gasteiger partial charge is 0.306 e. The summed E-state index contributed by atoms with van der Waals surface area (Å²) in [6.45, 7) is 6.41. The Bertz CT molecular complexity index is 1390. The first-order valence-corrected chi connectivity index (χ1v) is 27.4. The van der Waals surface area contributed by atoms with Crippen molar-refractivity contribution in [1.29, 1.82) is 0 Å². The number of hydrogen-bond acceptors (Lipinski definition) is 6. The fourth-order valence-corrected chi connectivity index (χ4v) is 7.10. The Balaban J connectivity index is 4.51. The standard InChI is InChI=1S/C61H100O6/c1-4-7-10-13-16-19-22-25-28-30-31-32-34-36-39-42-45-48-51-54-60(63)66-57-58(56-65-59(62)53-50-47-44-41-38-35-27-24-21-18-15-12-9-6-3)67-61(64)55-52-49-46-43-40-37-33-29-26-23-20-17-14-11-8-5-2/h7,10,15-16,18-20,23-25,27-29,31-33,36,39,58H,4-6,8-9,11-14,17,21-22,26,30,34-35,37-38,40-57H2,1-3H3/b10-7-,18-15-,19-16-,23-20-,27-24-,28-25-,32-31-,33-29-,39-36-. The molecule has 0 aliphatic rings. The van der Waals surface area contributed by atoms with Crippen LogP contribution in [0.2, 0.25) is 0 Å². The van der Waals surface area contributed by atoms with Crippen LogP contribution in [0.25, 0.3) is 0 Å². The average molecular weight is 929 g/mol. The summed E-state index contributed by atoms with van der Waals surface area (Å²) in [5, 5.41) is 0. The van der Waals surface area contributed by atoms with Gasteiger partial charge in [0.2, 0.25) is 0 Å². The number of ether oxygens (including phenoxy) is 3. The summed E-state index contributed by atoms with van der Waals surface area (Å²) in [5.41, 5.74) is 0. The third kappa shape index (κ3) is 52.9. The minimum absolute atomic E-state index is 0.104. The maximum Gasteiger partial charge on any atom is 0.306 e. The normalized spacial score (nSPS) is 12.9. The van der Waals surface area contributed by atoms with Gasteiger partial charge in [0, 0.05) is 19.3 Å². The van der Waals surface area contributed by atoms with E-state index in [-0.39, 0.29) is 31.1 Å². The van der Waals surface area contributed by atoms with E-state index in [2.05, 4.69) is 130 Å². The van der Waals surface area contributed by atoms with Crippen LogP contribution in [0.3, 0.4) is 0 Å². The van der Waals surface area contributed by atoms with Gasteiger partial charge in [0.25, 0.3) is 0 Å².